The highest BCUT2D eigenvalue weighted by molar-refractivity contribution is 7.92. The summed E-state index contributed by atoms with van der Waals surface area (Å²) in [5.41, 5.74) is 0.478. The fourth-order valence-electron chi connectivity index (χ4n) is 3.83. The van der Waals surface area contributed by atoms with Crippen molar-refractivity contribution >= 4 is 15.8 Å². The summed E-state index contributed by atoms with van der Waals surface area (Å²) in [4.78, 5) is 6.97. The van der Waals surface area contributed by atoms with E-state index in [1.54, 1.807) is 20.8 Å². The van der Waals surface area contributed by atoms with E-state index in [1.807, 2.05) is 0 Å². The lowest BCUT2D eigenvalue weighted by Gasteiger charge is -2.33. The molecule has 6 heteroatoms. The smallest absolute Gasteiger partial charge is 0.193 e. The molecule has 1 aliphatic carbocycles. The Bertz CT molecular complexity index is 543. The standard InChI is InChI=1S/C18H35N3O2S/c1-5-19-16(20-12-14-24(22,23)17(2,3)4)21-13-11-18(15-21)9-7-6-8-10-18/h5-15H2,1-4H3,(H,19,20). The molecule has 0 aromatic carbocycles. The van der Waals surface area contributed by atoms with Crippen molar-refractivity contribution in [2.45, 2.75) is 71.0 Å². The second-order valence-electron chi connectivity index (χ2n) is 8.40. The van der Waals surface area contributed by atoms with Crippen molar-refractivity contribution in [1.29, 1.82) is 0 Å². The average molecular weight is 358 g/mol. The summed E-state index contributed by atoms with van der Waals surface area (Å²) < 4.78 is 23.8. The number of sulfone groups is 1. The van der Waals surface area contributed by atoms with Crippen molar-refractivity contribution in [2.24, 2.45) is 10.4 Å². The summed E-state index contributed by atoms with van der Waals surface area (Å²) in [5.74, 6) is 1.01. The SMILES string of the molecule is CCNC(=NCCS(=O)(=O)C(C)(C)C)N1CCC2(CCCCC2)C1. The van der Waals surface area contributed by atoms with Crippen LogP contribution in [0.25, 0.3) is 0 Å². The van der Waals surface area contributed by atoms with Gasteiger partial charge in [-0.1, -0.05) is 19.3 Å². The van der Waals surface area contributed by atoms with Crippen LogP contribution in [-0.2, 0) is 9.84 Å². The molecule has 140 valence electrons. The van der Waals surface area contributed by atoms with Gasteiger partial charge in [0.05, 0.1) is 17.0 Å². The zero-order chi connectivity index (χ0) is 17.8. The Morgan fingerprint density at radius 2 is 1.83 bits per heavy atom. The Morgan fingerprint density at radius 1 is 1.17 bits per heavy atom. The van der Waals surface area contributed by atoms with Crippen LogP contribution >= 0.6 is 0 Å². The van der Waals surface area contributed by atoms with Crippen LogP contribution in [0.4, 0.5) is 0 Å². The van der Waals surface area contributed by atoms with E-state index >= 15 is 0 Å². The van der Waals surface area contributed by atoms with Crippen LogP contribution in [0.3, 0.4) is 0 Å². The molecule has 0 bridgehead atoms. The third kappa shape index (κ3) is 4.64. The molecule has 0 atom stereocenters. The van der Waals surface area contributed by atoms with Crippen LogP contribution in [0, 0.1) is 5.41 Å². The van der Waals surface area contributed by atoms with Gasteiger partial charge in [-0.2, -0.15) is 0 Å². The highest BCUT2D eigenvalue weighted by Gasteiger charge is 2.39. The molecule has 0 amide bonds. The fourth-order valence-corrected chi connectivity index (χ4v) is 4.77. The van der Waals surface area contributed by atoms with Gasteiger partial charge < -0.3 is 10.2 Å². The Hall–Kier alpha value is -0.780. The minimum absolute atomic E-state index is 0.115. The molecule has 2 aliphatic rings. The highest BCUT2D eigenvalue weighted by Crippen LogP contribution is 2.43. The maximum atomic E-state index is 12.3. The number of hydrogen-bond acceptors (Lipinski definition) is 3. The van der Waals surface area contributed by atoms with Gasteiger partial charge in [-0.05, 0) is 52.4 Å². The van der Waals surface area contributed by atoms with E-state index in [9.17, 15) is 8.42 Å². The molecule has 0 aromatic heterocycles. The molecular formula is C18H35N3O2S. The summed E-state index contributed by atoms with van der Waals surface area (Å²) in [6, 6.07) is 0. The van der Waals surface area contributed by atoms with Crippen molar-refractivity contribution in [3.63, 3.8) is 0 Å². The van der Waals surface area contributed by atoms with Gasteiger partial charge in [-0.25, -0.2) is 8.42 Å². The third-order valence-electron chi connectivity index (χ3n) is 5.54. The predicted octanol–water partition coefficient (Wildman–Crippen LogP) is 2.82. The number of guanidine groups is 1. The summed E-state index contributed by atoms with van der Waals surface area (Å²) in [6.07, 6.45) is 8.00. The molecule has 2 fully saturated rings. The van der Waals surface area contributed by atoms with Crippen molar-refractivity contribution in [3.8, 4) is 0 Å². The van der Waals surface area contributed by atoms with Crippen molar-refractivity contribution in [2.75, 3.05) is 31.9 Å². The minimum Gasteiger partial charge on any atom is -0.357 e. The first kappa shape index (κ1) is 19.5. The van der Waals surface area contributed by atoms with E-state index in [1.165, 1.54) is 38.5 Å². The monoisotopic (exact) mass is 357 g/mol. The van der Waals surface area contributed by atoms with Gasteiger partial charge >= 0.3 is 0 Å². The van der Waals surface area contributed by atoms with Crippen molar-refractivity contribution < 1.29 is 8.42 Å². The topological polar surface area (TPSA) is 61.8 Å². The quantitative estimate of drug-likeness (QED) is 0.621. The normalized spacial score (nSPS) is 22.2. The molecule has 24 heavy (non-hydrogen) atoms. The first-order chi connectivity index (χ1) is 11.2. The zero-order valence-corrected chi connectivity index (χ0v) is 16.7. The molecule has 5 nitrogen and oxygen atoms in total. The number of nitrogens with one attached hydrogen (secondary N) is 1. The van der Waals surface area contributed by atoms with Crippen LogP contribution < -0.4 is 5.32 Å². The number of aliphatic imine (C=N–C) groups is 1. The minimum atomic E-state index is -3.11. The first-order valence-electron chi connectivity index (χ1n) is 9.45. The average Bonchev–Trinajstić information content (AvgIpc) is 2.89. The number of likely N-dealkylation sites (tertiary alicyclic amines) is 1. The second kappa shape index (κ2) is 7.63. The summed E-state index contributed by atoms with van der Waals surface area (Å²) in [5, 5.41) is 3.35. The predicted molar refractivity (Wildman–Crippen MR) is 101 cm³/mol. The molecular weight excluding hydrogens is 322 g/mol. The maximum Gasteiger partial charge on any atom is 0.193 e. The van der Waals surface area contributed by atoms with Gasteiger partial charge in [0.2, 0.25) is 0 Å². The van der Waals surface area contributed by atoms with Gasteiger partial charge in [0.1, 0.15) is 0 Å². The Labute approximate surface area is 148 Å². The number of hydrogen-bond donors (Lipinski definition) is 1. The molecule has 0 aromatic rings. The lowest BCUT2D eigenvalue weighted by molar-refractivity contribution is 0.203. The number of nitrogens with zero attached hydrogens (tertiary/aromatic N) is 2. The van der Waals surface area contributed by atoms with Crippen LogP contribution in [-0.4, -0.2) is 56.0 Å². The molecule has 1 saturated heterocycles. The van der Waals surface area contributed by atoms with Gasteiger partial charge in [-0.15, -0.1) is 0 Å². The largest absolute Gasteiger partial charge is 0.357 e. The van der Waals surface area contributed by atoms with Crippen LogP contribution in [0.15, 0.2) is 4.99 Å². The lowest BCUT2D eigenvalue weighted by atomic mass is 9.73. The van der Waals surface area contributed by atoms with Crippen LogP contribution in [0.5, 0.6) is 0 Å². The summed E-state index contributed by atoms with van der Waals surface area (Å²) >= 11 is 0. The Morgan fingerprint density at radius 3 is 2.42 bits per heavy atom. The van der Waals surface area contributed by atoms with E-state index < -0.39 is 14.6 Å². The molecule has 1 spiro atoms. The van der Waals surface area contributed by atoms with Crippen molar-refractivity contribution in [3.05, 3.63) is 0 Å². The van der Waals surface area contributed by atoms with E-state index in [4.69, 9.17) is 0 Å². The van der Waals surface area contributed by atoms with E-state index in [2.05, 4.69) is 22.1 Å². The van der Waals surface area contributed by atoms with Gasteiger partial charge in [-0.3, -0.25) is 4.99 Å². The van der Waals surface area contributed by atoms with E-state index in [-0.39, 0.29) is 5.75 Å². The molecule has 1 N–H and O–H groups in total. The first-order valence-corrected chi connectivity index (χ1v) is 11.1. The molecule has 0 radical (unpaired) electrons. The fraction of sp³-hybridized carbons (Fsp3) is 0.944. The van der Waals surface area contributed by atoms with Gasteiger partial charge in [0.15, 0.2) is 15.8 Å². The third-order valence-corrected chi connectivity index (χ3v) is 8.13. The lowest BCUT2D eigenvalue weighted by Crippen LogP contribution is -2.42. The molecule has 1 heterocycles. The van der Waals surface area contributed by atoms with Crippen molar-refractivity contribution in [1.82, 2.24) is 10.2 Å². The Kier molecular flexibility index (Phi) is 6.21. The van der Waals surface area contributed by atoms with E-state index in [0.29, 0.717) is 12.0 Å². The summed E-state index contributed by atoms with van der Waals surface area (Å²) in [6.45, 7) is 10.6. The Balaban J connectivity index is 1.99. The van der Waals surface area contributed by atoms with Gasteiger partial charge in [0, 0.05) is 19.6 Å². The summed E-state index contributed by atoms with van der Waals surface area (Å²) in [7, 11) is -3.11. The molecule has 1 aliphatic heterocycles. The second-order valence-corrected chi connectivity index (χ2v) is 11.3. The van der Waals surface area contributed by atoms with Gasteiger partial charge in [0.25, 0.3) is 0 Å². The molecule has 0 unspecified atom stereocenters. The van der Waals surface area contributed by atoms with Crippen LogP contribution in [0.1, 0.15) is 66.2 Å². The zero-order valence-electron chi connectivity index (χ0n) is 15.9. The molecule has 1 saturated carbocycles. The number of rotatable bonds is 4. The van der Waals surface area contributed by atoms with E-state index in [0.717, 1.165) is 25.6 Å². The van der Waals surface area contributed by atoms with Crippen LogP contribution in [0.2, 0.25) is 0 Å². The highest BCUT2D eigenvalue weighted by atomic mass is 32.2. The maximum absolute atomic E-state index is 12.3. The molecule has 2 rings (SSSR count).